The molecule has 2 nitrogen and oxygen atoms in total. The number of hydrogen-bond donors (Lipinski definition) is 1. The first kappa shape index (κ1) is 10.5. The van der Waals surface area contributed by atoms with Crippen molar-refractivity contribution < 1.29 is 5.11 Å². The Labute approximate surface area is 83.1 Å². The Balaban J connectivity index is 2.52. The molecule has 12 heavy (non-hydrogen) atoms. The van der Waals surface area contributed by atoms with E-state index in [-0.39, 0.29) is 5.41 Å². The molecule has 0 bridgehead atoms. The van der Waals surface area contributed by atoms with E-state index in [2.05, 4.69) is 34.7 Å². The maximum Gasteiger partial charge on any atom is 0.0508 e. The van der Waals surface area contributed by atoms with E-state index in [1.54, 1.807) is 0 Å². The third kappa shape index (κ3) is 2.01. The lowest BCUT2D eigenvalue weighted by Crippen LogP contribution is -2.34. The van der Waals surface area contributed by atoms with Gasteiger partial charge in [-0.15, -0.1) is 0 Å². The van der Waals surface area contributed by atoms with Gasteiger partial charge in [-0.3, -0.25) is 0 Å². The topological polar surface area (TPSA) is 23.5 Å². The minimum Gasteiger partial charge on any atom is -0.396 e. The molecule has 1 rings (SSSR count). The zero-order valence-corrected chi connectivity index (χ0v) is 9.47. The average molecular weight is 236 g/mol. The minimum absolute atomic E-state index is 0.129. The third-order valence-electron chi connectivity index (χ3n) is 2.82. The van der Waals surface area contributed by atoms with Crippen molar-refractivity contribution in [2.45, 2.75) is 26.3 Å². The Morgan fingerprint density at radius 1 is 1.58 bits per heavy atom. The molecular formula is C9H18BrNO. The second-order valence-corrected chi connectivity index (χ2v) is 4.67. The van der Waals surface area contributed by atoms with Gasteiger partial charge in [0.25, 0.3) is 0 Å². The largest absolute Gasteiger partial charge is 0.396 e. The first-order valence-electron chi connectivity index (χ1n) is 4.54. The fourth-order valence-corrected chi connectivity index (χ4v) is 2.33. The fraction of sp³-hybridized carbons (Fsp3) is 1.00. The molecule has 0 aliphatic carbocycles. The highest BCUT2D eigenvalue weighted by Gasteiger charge is 2.37. The van der Waals surface area contributed by atoms with Crippen LogP contribution >= 0.6 is 15.9 Å². The van der Waals surface area contributed by atoms with Crippen LogP contribution in [0.1, 0.15) is 20.3 Å². The van der Waals surface area contributed by atoms with Crippen LogP contribution in [0, 0.1) is 5.41 Å². The van der Waals surface area contributed by atoms with Gasteiger partial charge in [-0.2, -0.15) is 0 Å². The molecule has 0 saturated carbocycles. The summed E-state index contributed by atoms with van der Waals surface area (Å²) >= 11 is 3.48. The number of halogens is 1. The molecular weight excluding hydrogens is 218 g/mol. The lowest BCUT2D eigenvalue weighted by Gasteiger charge is -2.26. The molecule has 3 heteroatoms. The van der Waals surface area contributed by atoms with Gasteiger partial charge >= 0.3 is 0 Å². The number of nitrogens with zero attached hydrogens (tertiary/aromatic N) is 1. The van der Waals surface area contributed by atoms with Gasteiger partial charge in [0, 0.05) is 23.3 Å². The van der Waals surface area contributed by atoms with Crippen LogP contribution in [-0.2, 0) is 0 Å². The zero-order valence-electron chi connectivity index (χ0n) is 7.89. The summed E-state index contributed by atoms with van der Waals surface area (Å²) in [5, 5.41) is 10.2. The van der Waals surface area contributed by atoms with E-state index in [1.165, 1.54) is 0 Å². The molecule has 1 atom stereocenters. The van der Waals surface area contributed by atoms with Gasteiger partial charge in [0.1, 0.15) is 0 Å². The molecule has 72 valence electrons. The van der Waals surface area contributed by atoms with E-state index in [0.717, 1.165) is 24.8 Å². The monoisotopic (exact) mass is 235 g/mol. The van der Waals surface area contributed by atoms with E-state index in [4.69, 9.17) is 0 Å². The predicted octanol–water partition coefficient (Wildman–Crippen LogP) is 1.47. The van der Waals surface area contributed by atoms with Crippen molar-refractivity contribution in [3.63, 3.8) is 0 Å². The van der Waals surface area contributed by atoms with Crippen LogP contribution in [0.25, 0.3) is 0 Å². The second kappa shape index (κ2) is 4.07. The summed E-state index contributed by atoms with van der Waals surface area (Å²) in [6.45, 7) is 6.89. The van der Waals surface area contributed by atoms with Crippen molar-refractivity contribution in [2.24, 2.45) is 5.41 Å². The van der Waals surface area contributed by atoms with Gasteiger partial charge in [0.05, 0.1) is 6.61 Å². The molecule has 0 aromatic rings. The quantitative estimate of drug-likeness (QED) is 0.750. The highest BCUT2D eigenvalue weighted by Crippen LogP contribution is 2.32. The van der Waals surface area contributed by atoms with Crippen LogP contribution in [0.4, 0.5) is 0 Å². The lowest BCUT2D eigenvalue weighted by atomic mass is 9.91. The number of aliphatic hydroxyl groups is 1. The van der Waals surface area contributed by atoms with Crippen LogP contribution in [0.2, 0.25) is 0 Å². The second-order valence-electron chi connectivity index (χ2n) is 4.11. The summed E-state index contributed by atoms with van der Waals surface area (Å²) in [5.74, 6) is 0. The van der Waals surface area contributed by atoms with Crippen LogP contribution in [0.3, 0.4) is 0 Å². The van der Waals surface area contributed by atoms with Crippen molar-refractivity contribution in [1.29, 1.82) is 0 Å². The highest BCUT2D eigenvalue weighted by atomic mass is 79.9. The first-order valence-corrected chi connectivity index (χ1v) is 5.66. The zero-order chi connectivity index (χ0) is 9.19. The molecule has 0 aromatic heterocycles. The summed E-state index contributed by atoms with van der Waals surface area (Å²) in [5.41, 5.74) is 0.129. The Hall–Kier alpha value is 0.400. The SMILES string of the molecule is CC(C)N1CCC(CO)(CBr)C1. The number of rotatable bonds is 3. The highest BCUT2D eigenvalue weighted by molar-refractivity contribution is 9.09. The van der Waals surface area contributed by atoms with Crippen LogP contribution in [-0.4, -0.2) is 41.1 Å². The average Bonchev–Trinajstić information content (AvgIpc) is 2.49. The van der Waals surface area contributed by atoms with Crippen molar-refractivity contribution in [2.75, 3.05) is 25.0 Å². The van der Waals surface area contributed by atoms with E-state index in [1.807, 2.05) is 0 Å². The Kier molecular flexibility index (Phi) is 3.56. The Bertz CT molecular complexity index is 145. The van der Waals surface area contributed by atoms with Gasteiger partial charge in [-0.25, -0.2) is 0 Å². The fourth-order valence-electron chi connectivity index (χ4n) is 1.69. The Morgan fingerprint density at radius 3 is 2.50 bits per heavy atom. The summed E-state index contributed by atoms with van der Waals surface area (Å²) in [4.78, 5) is 2.43. The standard InChI is InChI=1S/C9H18BrNO/c1-8(2)11-4-3-9(5-10,6-11)7-12/h8,12H,3-7H2,1-2H3. The summed E-state index contributed by atoms with van der Waals surface area (Å²) in [6.07, 6.45) is 1.12. The third-order valence-corrected chi connectivity index (χ3v) is 4.01. The molecule has 1 aliphatic heterocycles. The first-order chi connectivity index (χ1) is 5.63. The van der Waals surface area contributed by atoms with Crippen LogP contribution in [0.5, 0.6) is 0 Å². The molecule has 1 saturated heterocycles. The van der Waals surface area contributed by atoms with Crippen LogP contribution < -0.4 is 0 Å². The minimum atomic E-state index is 0.129. The predicted molar refractivity (Wildman–Crippen MR) is 54.6 cm³/mol. The maximum atomic E-state index is 9.26. The van der Waals surface area contributed by atoms with Gasteiger partial charge in [-0.05, 0) is 26.8 Å². The molecule has 0 radical (unpaired) electrons. The summed E-state index contributed by atoms with van der Waals surface area (Å²) < 4.78 is 0. The number of likely N-dealkylation sites (tertiary alicyclic amines) is 1. The summed E-state index contributed by atoms with van der Waals surface area (Å²) in [7, 11) is 0. The normalized spacial score (nSPS) is 31.8. The number of aliphatic hydroxyl groups excluding tert-OH is 1. The molecule has 0 amide bonds. The van der Waals surface area contributed by atoms with E-state index >= 15 is 0 Å². The van der Waals surface area contributed by atoms with Gasteiger partial charge in [-0.1, -0.05) is 15.9 Å². The Morgan fingerprint density at radius 2 is 2.25 bits per heavy atom. The number of hydrogen-bond acceptors (Lipinski definition) is 2. The maximum absolute atomic E-state index is 9.26. The smallest absolute Gasteiger partial charge is 0.0508 e. The van der Waals surface area contributed by atoms with E-state index < -0.39 is 0 Å². The molecule has 1 fully saturated rings. The van der Waals surface area contributed by atoms with Gasteiger partial charge in [0.15, 0.2) is 0 Å². The van der Waals surface area contributed by atoms with Crippen molar-refractivity contribution in [3.05, 3.63) is 0 Å². The molecule has 0 aromatic carbocycles. The molecule has 1 N–H and O–H groups in total. The van der Waals surface area contributed by atoms with Gasteiger partial charge < -0.3 is 10.0 Å². The van der Waals surface area contributed by atoms with Crippen molar-refractivity contribution >= 4 is 15.9 Å². The van der Waals surface area contributed by atoms with Crippen molar-refractivity contribution in [3.8, 4) is 0 Å². The molecule has 1 aliphatic rings. The van der Waals surface area contributed by atoms with Crippen LogP contribution in [0.15, 0.2) is 0 Å². The molecule has 0 spiro atoms. The van der Waals surface area contributed by atoms with E-state index in [9.17, 15) is 5.11 Å². The van der Waals surface area contributed by atoms with Gasteiger partial charge in [0.2, 0.25) is 0 Å². The molecule has 1 unspecified atom stereocenters. The molecule has 1 heterocycles. The van der Waals surface area contributed by atoms with E-state index in [0.29, 0.717) is 12.6 Å². The number of alkyl halides is 1. The summed E-state index contributed by atoms with van der Waals surface area (Å²) in [6, 6.07) is 0.609. The lowest BCUT2D eigenvalue weighted by molar-refractivity contribution is 0.143. The van der Waals surface area contributed by atoms with Crippen molar-refractivity contribution in [1.82, 2.24) is 4.90 Å².